The third-order valence-corrected chi connectivity index (χ3v) is 3.49. The number of aryl methyl sites for hydroxylation is 1. The van der Waals surface area contributed by atoms with Crippen molar-refractivity contribution in [2.75, 3.05) is 17.7 Å². The molecule has 0 unspecified atom stereocenters. The van der Waals surface area contributed by atoms with Crippen LogP contribution in [0.4, 0.5) is 17.5 Å². The highest BCUT2D eigenvalue weighted by atomic mass is 35.5. The number of aromatic nitrogens is 2. The van der Waals surface area contributed by atoms with Gasteiger partial charge in [0.1, 0.15) is 5.82 Å². The van der Waals surface area contributed by atoms with Gasteiger partial charge >= 0.3 is 0 Å². The van der Waals surface area contributed by atoms with Gasteiger partial charge in [-0.15, -0.1) is 0 Å². The highest BCUT2D eigenvalue weighted by Crippen LogP contribution is 2.34. The normalized spacial score (nSPS) is 10.4. The van der Waals surface area contributed by atoms with E-state index in [1.54, 1.807) is 25.4 Å². The SMILES string of the molecule is CNc1ncc(C)c(Nc2cc(Cl)c(Cl)cc2Cl)n1. The van der Waals surface area contributed by atoms with E-state index in [4.69, 9.17) is 34.8 Å². The Labute approximate surface area is 126 Å². The van der Waals surface area contributed by atoms with Gasteiger partial charge < -0.3 is 10.6 Å². The molecule has 0 saturated heterocycles. The molecule has 0 fully saturated rings. The van der Waals surface area contributed by atoms with Gasteiger partial charge in [-0.2, -0.15) is 4.98 Å². The molecule has 1 aromatic heterocycles. The lowest BCUT2D eigenvalue weighted by Gasteiger charge is -2.12. The van der Waals surface area contributed by atoms with Gasteiger partial charge in [-0.3, -0.25) is 0 Å². The van der Waals surface area contributed by atoms with Crippen LogP contribution in [0.3, 0.4) is 0 Å². The molecule has 1 aromatic carbocycles. The first-order chi connectivity index (χ1) is 9.01. The van der Waals surface area contributed by atoms with E-state index in [1.807, 2.05) is 6.92 Å². The number of anilines is 3. The van der Waals surface area contributed by atoms with Gasteiger partial charge in [-0.05, 0) is 19.1 Å². The highest BCUT2D eigenvalue weighted by molar-refractivity contribution is 6.44. The molecule has 2 aromatic rings. The second-order valence-electron chi connectivity index (χ2n) is 3.85. The van der Waals surface area contributed by atoms with Crippen LogP contribution in [0.25, 0.3) is 0 Å². The Kier molecular flexibility index (Phi) is 4.34. The van der Waals surface area contributed by atoms with Crippen LogP contribution in [-0.2, 0) is 0 Å². The zero-order valence-corrected chi connectivity index (χ0v) is 12.5. The number of nitrogens with zero attached hydrogens (tertiary/aromatic N) is 2. The predicted octanol–water partition coefficient (Wildman–Crippen LogP) is 4.53. The summed E-state index contributed by atoms with van der Waals surface area (Å²) in [5.74, 6) is 1.17. The number of rotatable bonds is 3. The molecule has 0 bridgehead atoms. The fourth-order valence-corrected chi connectivity index (χ4v) is 2.03. The topological polar surface area (TPSA) is 49.8 Å². The standard InChI is InChI=1S/C12H11Cl3N4/c1-6-5-17-12(16-2)19-11(6)18-10-4-8(14)7(13)3-9(10)15/h3-5H,1-2H3,(H2,16,17,18,19). The van der Waals surface area contributed by atoms with Crippen molar-refractivity contribution in [3.8, 4) is 0 Å². The maximum atomic E-state index is 6.11. The van der Waals surface area contributed by atoms with Gasteiger partial charge in [0.2, 0.25) is 5.95 Å². The minimum atomic E-state index is 0.410. The Hall–Kier alpha value is -1.23. The molecule has 2 rings (SSSR count). The lowest BCUT2D eigenvalue weighted by atomic mass is 10.3. The highest BCUT2D eigenvalue weighted by Gasteiger charge is 2.09. The zero-order chi connectivity index (χ0) is 14.0. The fraction of sp³-hybridized carbons (Fsp3) is 0.167. The summed E-state index contributed by atoms with van der Waals surface area (Å²) in [6, 6.07) is 3.25. The quantitative estimate of drug-likeness (QED) is 0.817. The van der Waals surface area contributed by atoms with Crippen LogP contribution in [0.15, 0.2) is 18.3 Å². The van der Waals surface area contributed by atoms with Crippen LogP contribution in [0, 0.1) is 6.92 Å². The molecular weight excluding hydrogens is 307 g/mol. The minimum Gasteiger partial charge on any atom is -0.357 e. The summed E-state index contributed by atoms with van der Waals surface area (Å²) in [7, 11) is 1.75. The maximum absolute atomic E-state index is 6.11. The number of hydrogen-bond donors (Lipinski definition) is 2. The molecule has 0 aliphatic rings. The molecule has 19 heavy (non-hydrogen) atoms. The van der Waals surface area contributed by atoms with E-state index in [9.17, 15) is 0 Å². The van der Waals surface area contributed by atoms with E-state index in [1.165, 1.54) is 0 Å². The summed E-state index contributed by atoms with van der Waals surface area (Å²) in [6.45, 7) is 1.90. The van der Waals surface area contributed by atoms with Crippen molar-refractivity contribution in [3.63, 3.8) is 0 Å². The lowest BCUT2D eigenvalue weighted by Crippen LogP contribution is -2.02. The molecule has 0 spiro atoms. The Morgan fingerprint density at radius 3 is 2.42 bits per heavy atom. The van der Waals surface area contributed by atoms with E-state index in [0.29, 0.717) is 32.5 Å². The molecule has 4 nitrogen and oxygen atoms in total. The van der Waals surface area contributed by atoms with Crippen LogP contribution in [-0.4, -0.2) is 17.0 Å². The van der Waals surface area contributed by atoms with Crippen molar-refractivity contribution < 1.29 is 0 Å². The van der Waals surface area contributed by atoms with Gasteiger partial charge in [-0.25, -0.2) is 4.98 Å². The van der Waals surface area contributed by atoms with Crippen molar-refractivity contribution in [3.05, 3.63) is 39.0 Å². The van der Waals surface area contributed by atoms with Crippen LogP contribution < -0.4 is 10.6 Å². The summed E-state index contributed by atoms with van der Waals surface area (Å²) in [4.78, 5) is 8.42. The molecule has 0 atom stereocenters. The molecule has 1 heterocycles. The molecule has 0 amide bonds. The van der Waals surface area contributed by atoms with E-state index in [0.717, 1.165) is 5.56 Å². The number of halogens is 3. The van der Waals surface area contributed by atoms with Crippen molar-refractivity contribution >= 4 is 52.3 Å². The summed E-state index contributed by atoms with van der Waals surface area (Å²) in [6.07, 6.45) is 1.71. The first-order valence-corrected chi connectivity index (χ1v) is 6.57. The third-order valence-electron chi connectivity index (χ3n) is 2.46. The van der Waals surface area contributed by atoms with Gasteiger partial charge in [0.05, 0.1) is 20.8 Å². The summed E-state index contributed by atoms with van der Waals surface area (Å²) >= 11 is 18.0. The molecule has 2 N–H and O–H groups in total. The molecular formula is C12H11Cl3N4. The first kappa shape index (κ1) is 14.2. The number of nitrogens with one attached hydrogen (secondary N) is 2. The van der Waals surface area contributed by atoms with E-state index in [2.05, 4.69) is 20.6 Å². The molecule has 0 aliphatic heterocycles. The predicted molar refractivity (Wildman–Crippen MR) is 81.1 cm³/mol. The van der Waals surface area contributed by atoms with Gasteiger partial charge in [0.15, 0.2) is 0 Å². The molecule has 7 heteroatoms. The van der Waals surface area contributed by atoms with Crippen molar-refractivity contribution in [1.29, 1.82) is 0 Å². The van der Waals surface area contributed by atoms with Crippen LogP contribution in [0.1, 0.15) is 5.56 Å². The Morgan fingerprint density at radius 1 is 1.05 bits per heavy atom. The van der Waals surface area contributed by atoms with Crippen molar-refractivity contribution in [2.45, 2.75) is 6.92 Å². The first-order valence-electron chi connectivity index (χ1n) is 5.44. The fourth-order valence-electron chi connectivity index (χ4n) is 1.43. The largest absolute Gasteiger partial charge is 0.357 e. The summed E-state index contributed by atoms with van der Waals surface area (Å²) < 4.78 is 0. The van der Waals surface area contributed by atoms with Crippen molar-refractivity contribution in [2.24, 2.45) is 0 Å². The number of benzene rings is 1. The molecule has 100 valence electrons. The second-order valence-corrected chi connectivity index (χ2v) is 5.07. The van der Waals surface area contributed by atoms with Gasteiger partial charge in [0, 0.05) is 18.8 Å². The zero-order valence-electron chi connectivity index (χ0n) is 10.3. The lowest BCUT2D eigenvalue weighted by molar-refractivity contribution is 1.12. The Balaban J connectivity index is 2.38. The van der Waals surface area contributed by atoms with E-state index < -0.39 is 0 Å². The summed E-state index contributed by atoms with van der Waals surface area (Å²) in [5.41, 5.74) is 1.53. The van der Waals surface area contributed by atoms with Crippen LogP contribution >= 0.6 is 34.8 Å². The second kappa shape index (κ2) is 5.82. The van der Waals surface area contributed by atoms with Crippen LogP contribution in [0.5, 0.6) is 0 Å². The molecule has 0 saturated carbocycles. The van der Waals surface area contributed by atoms with Crippen LogP contribution in [0.2, 0.25) is 15.1 Å². The molecule has 0 radical (unpaired) electrons. The van der Waals surface area contributed by atoms with E-state index >= 15 is 0 Å². The van der Waals surface area contributed by atoms with Gasteiger partial charge in [0.25, 0.3) is 0 Å². The minimum absolute atomic E-state index is 0.410. The maximum Gasteiger partial charge on any atom is 0.224 e. The van der Waals surface area contributed by atoms with Gasteiger partial charge in [-0.1, -0.05) is 34.8 Å². The Bertz CT molecular complexity index is 616. The smallest absolute Gasteiger partial charge is 0.224 e. The van der Waals surface area contributed by atoms with Crippen molar-refractivity contribution in [1.82, 2.24) is 9.97 Å². The monoisotopic (exact) mass is 316 g/mol. The Morgan fingerprint density at radius 2 is 1.74 bits per heavy atom. The summed E-state index contributed by atoms with van der Waals surface area (Å²) in [5, 5.41) is 7.30. The molecule has 0 aliphatic carbocycles. The average Bonchev–Trinajstić information content (AvgIpc) is 2.38. The van der Waals surface area contributed by atoms with E-state index in [-0.39, 0.29) is 0 Å². The average molecular weight is 318 g/mol. The third kappa shape index (κ3) is 3.21. The number of hydrogen-bond acceptors (Lipinski definition) is 4.